The Kier molecular flexibility index (Phi) is 3.46. The lowest BCUT2D eigenvalue weighted by Crippen LogP contribution is -2.13. The van der Waals surface area contributed by atoms with Gasteiger partial charge in [0, 0.05) is 29.4 Å². The predicted molar refractivity (Wildman–Crippen MR) is 104 cm³/mol. The largest absolute Gasteiger partial charge is 0.493 e. The van der Waals surface area contributed by atoms with Gasteiger partial charge in [0.2, 0.25) is 0 Å². The molecule has 0 spiro atoms. The third-order valence-corrected chi connectivity index (χ3v) is 5.46. The molecule has 0 saturated heterocycles. The van der Waals surface area contributed by atoms with Crippen LogP contribution in [0.3, 0.4) is 0 Å². The molecule has 0 aliphatic carbocycles. The second kappa shape index (κ2) is 6.16. The summed E-state index contributed by atoms with van der Waals surface area (Å²) in [6, 6.07) is 10.8. The van der Waals surface area contributed by atoms with E-state index in [9.17, 15) is 4.39 Å². The lowest BCUT2D eigenvalue weighted by Gasteiger charge is -2.16. The van der Waals surface area contributed by atoms with Crippen LogP contribution in [0.15, 0.2) is 48.9 Å². The molecule has 1 aromatic carbocycles. The van der Waals surface area contributed by atoms with Crippen molar-refractivity contribution >= 4 is 11.5 Å². The molecule has 4 aromatic rings. The molecule has 5 heterocycles. The van der Waals surface area contributed by atoms with E-state index in [2.05, 4.69) is 20.5 Å². The quantitative estimate of drug-likeness (QED) is 0.538. The molecule has 3 aromatic heterocycles. The molecule has 0 fully saturated rings. The zero-order valence-electron chi connectivity index (χ0n) is 15.3. The molecular weight excluding hydrogens is 373 g/mol. The summed E-state index contributed by atoms with van der Waals surface area (Å²) in [5.41, 5.74) is 3.73. The summed E-state index contributed by atoms with van der Waals surface area (Å²) in [4.78, 5) is 4.44. The monoisotopic (exact) mass is 389 g/mol. The van der Waals surface area contributed by atoms with Gasteiger partial charge in [0.05, 0.1) is 24.8 Å². The van der Waals surface area contributed by atoms with Crippen LogP contribution in [0.4, 0.5) is 10.2 Å². The van der Waals surface area contributed by atoms with Gasteiger partial charge in [-0.1, -0.05) is 6.07 Å². The van der Waals surface area contributed by atoms with Crippen molar-refractivity contribution in [1.29, 1.82) is 0 Å². The van der Waals surface area contributed by atoms with Crippen molar-refractivity contribution < 1.29 is 13.9 Å². The Balaban J connectivity index is 1.53. The van der Waals surface area contributed by atoms with Crippen LogP contribution in [0.2, 0.25) is 0 Å². The highest BCUT2D eigenvalue weighted by molar-refractivity contribution is 5.80. The molecular formula is C21H16FN5O2. The van der Waals surface area contributed by atoms with E-state index in [0.29, 0.717) is 42.5 Å². The van der Waals surface area contributed by atoms with Gasteiger partial charge in [-0.05, 0) is 30.3 Å². The molecule has 0 saturated carbocycles. The number of benzene rings is 1. The Morgan fingerprint density at radius 1 is 1.10 bits per heavy atom. The van der Waals surface area contributed by atoms with Crippen molar-refractivity contribution in [3.05, 3.63) is 65.9 Å². The van der Waals surface area contributed by atoms with E-state index in [1.807, 2.05) is 28.7 Å². The summed E-state index contributed by atoms with van der Waals surface area (Å²) in [7, 11) is 0. The maximum Gasteiger partial charge on any atom is 0.171 e. The minimum atomic E-state index is -0.250. The maximum absolute atomic E-state index is 14.6. The first-order valence-electron chi connectivity index (χ1n) is 9.38. The van der Waals surface area contributed by atoms with E-state index >= 15 is 0 Å². The van der Waals surface area contributed by atoms with Crippen LogP contribution in [0.25, 0.3) is 16.9 Å². The summed E-state index contributed by atoms with van der Waals surface area (Å²) in [5, 5.41) is 11.7. The Labute approximate surface area is 165 Å². The van der Waals surface area contributed by atoms with Gasteiger partial charge in [-0.15, -0.1) is 10.2 Å². The van der Waals surface area contributed by atoms with E-state index in [4.69, 9.17) is 9.47 Å². The fourth-order valence-electron chi connectivity index (χ4n) is 4.10. The highest BCUT2D eigenvalue weighted by atomic mass is 19.1. The molecule has 0 radical (unpaired) electrons. The molecule has 0 bridgehead atoms. The second-order valence-electron chi connectivity index (χ2n) is 7.12. The van der Waals surface area contributed by atoms with Gasteiger partial charge in [-0.2, -0.15) is 0 Å². The van der Waals surface area contributed by atoms with Crippen LogP contribution < -0.4 is 14.8 Å². The number of nitrogens with one attached hydrogen (secondary N) is 1. The molecule has 1 atom stereocenters. The zero-order valence-corrected chi connectivity index (χ0v) is 15.3. The van der Waals surface area contributed by atoms with Gasteiger partial charge in [0.15, 0.2) is 17.2 Å². The summed E-state index contributed by atoms with van der Waals surface area (Å²) in [6.07, 6.45) is 3.36. The summed E-state index contributed by atoms with van der Waals surface area (Å²) in [5.74, 6) is 1.77. The maximum atomic E-state index is 14.6. The van der Waals surface area contributed by atoms with Crippen LogP contribution >= 0.6 is 0 Å². The van der Waals surface area contributed by atoms with Crippen molar-refractivity contribution in [3.8, 4) is 22.8 Å². The lowest BCUT2D eigenvalue weighted by atomic mass is 9.96. The smallest absolute Gasteiger partial charge is 0.171 e. The van der Waals surface area contributed by atoms with Crippen LogP contribution in [-0.2, 0) is 6.54 Å². The standard InChI is InChI=1S/C21H16FN5O2/c22-15-4-5-17-19-12(9-28-17)10-29-18-7-13(16-3-1-2-6-23-16)20-26-25-11-27(20)21(18)24-8-14(15)19/h1-7,11-12,24H,8-10H2/t12-/m1/s1. The van der Waals surface area contributed by atoms with Gasteiger partial charge in [-0.25, -0.2) is 4.39 Å². The van der Waals surface area contributed by atoms with E-state index in [1.54, 1.807) is 18.6 Å². The van der Waals surface area contributed by atoms with Crippen LogP contribution in [0.1, 0.15) is 17.0 Å². The van der Waals surface area contributed by atoms with Gasteiger partial charge < -0.3 is 14.8 Å². The summed E-state index contributed by atoms with van der Waals surface area (Å²) < 4.78 is 28.4. The minimum Gasteiger partial charge on any atom is -0.493 e. The lowest BCUT2D eigenvalue weighted by molar-refractivity contribution is 0.249. The average Bonchev–Trinajstić information content (AvgIpc) is 3.40. The zero-order chi connectivity index (χ0) is 19.4. The first-order valence-corrected chi connectivity index (χ1v) is 9.38. The molecule has 0 unspecified atom stereocenters. The number of hydrogen-bond donors (Lipinski definition) is 1. The average molecular weight is 389 g/mol. The minimum absolute atomic E-state index is 0.0293. The van der Waals surface area contributed by atoms with Crippen molar-refractivity contribution in [2.24, 2.45) is 0 Å². The Bertz CT molecular complexity index is 1240. The Morgan fingerprint density at radius 3 is 2.86 bits per heavy atom. The fourth-order valence-corrected chi connectivity index (χ4v) is 4.10. The predicted octanol–water partition coefficient (Wildman–Crippen LogP) is 3.41. The van der Waals surface area contributed by atoms with Crippen LogP contribution in [-0.4, -0.2) is 32.8 Å². The molecule has 2 aliphatic heterocycles. The van der Waals surface area contributed by atoms with E-state index in [1.165, 1.54) is 6.07 Å². The van der Waals surface area contributed by atoms with Crippen molar-refractivity contribution in [2.45, 2.75) is 12.5 Å². The number of nitrogens with zero attached hydrogens (tertiary/aromatic N) is 4. The summed E-state index contributed by atoms with van der Waals surface area (Å²) >= 11 is 0. The molecule has 8 heteroatoms. The number of hydrogen-bond acceptors (Lipinski definition) is 6. The molecule has 0 amide bonds. The Hall–Kier alpha value is -3.68. The van der Waals surface area contributed by atoms with Gasteiger partial charge >= 0.3 is 0 Å². The van der Waals surface area contributed by atoms with E-state index < -0.39 is 0 Å². The number of ether oxygens (including phenoxy) is 2. The van der Waals surface area contributed by atoms with Crippen molar-refractivity contribution in [2.75, 3.05) is 18.5 Å². The molecule has 29 heavy (non-hydrogen) atoms. The number of aromatic nitrogens is 4. The molecule has 1 N–H and O–H groups in total. The van der Waals surface area contributed by atoms with Crippen LogP contribution in [0.5, 0.6) is 11.5 Å². The Morgan fingerprint density at radius 2 is 2.00 bits per heavy atom. The van der Waals surface area contributed by atoms with Crippen molar-refractivity contribution in [1.82, 2.24) is 19.6 Å². The van der Waals surface area contributed by atoms with Crippen LogP contribution in [0, 0.1) is 5.82 Å². The first-order chi connectivity index (χ1) is 14.3. The third kappa shape index (κ3) is 2.45. The molecule has 144 valence electrons. The molecule has 6 rings (SSSR count). The van der Waals surface area contributed by atoms with Gasteiger partial charge in [0.1, 0.15) is 17.9 Å². The number of anilines is 1. The third-order valence-electron chi connectivity index (χ3n) is 5.46. The summed E-state index contributed by atoms with van der Waals surface area (Å²) in [6.45, 7) is 1.16. The van der Waals surface area contributed by atoms with Gasteiger partial charge in [-0.3, -0.25) is 9.38 Å². The number of fused-ring (bicyclic) bond motifs is 3. The number of pyridine rings is 2. The topological polar surface area (TPSA) is 73.6 Å². The highest BCUT2D eigenvalue weighted by Gasteiger charge is 2.31. The molecule has 2 aliphatic rings. The number of rotatable bonds is 1. The number of halogens is 1. The highest BCUT2D eigenvalue weighted by Crippen LogP contribution is 2.41. The normalized spacial score (nSPS) is 17.2. The van der Waals surface area contributed by atoms with E-state index in [0.717, 1.165) is 22.6 Å². The van der Waals surface area contributed by atoms with Crippen molar-refractivity contribution in [3.63, 3.8) is 0 Å². The SMILES string of the molecule is Fc1ccc2c3c1CNc1c(cc(-c4ccccn4)c4nncn14)OC[C@H]3CO2. The van der Waals surface area contributed by atoms with E-state index in [-0.39, 0.29) is 11.7 Å². The molecule has 7 nitrogen and oxygen atoms in total. The fraction of sp³-hybridized carbons (Fsp3) is 0.190. The first kappa shape index (κ1) is 16.3. The van der Waals surface area contributed by atoms with Gasteiger partial charge in [0.25, 0.3) is 0 Å². The second-order valence-corrected chi connectivity index (χ2v) is 7.12.